The maximum atomic E-state index is 12.8. The molecule has 400 valence electrons. The molecule has 4 aromatic carbocycles. The Morgan fingerprint density at radius 2 is 1.00 bits per heavy atom. The Morgan fingerprint density at radius 3 is 1.39 bits per heavy atom. The Kier molecular flexibility index (Phi) is 21.6. The number of nitro groups is 1. The summed E-state index contributed by atoms with van der Waals surface area (Å²) < 4.78 is 36.7. The van der Waals surface area contributed by atoms with Crippen LogP contribution in [0.2, 0.25) is 0 Å². The number of likely N-dealkylation sites (N-methyl/N-ethyl adjacent to an activating group) is 4. The summed E-state index contributed by atoms with van der Waals surface area (Å²) >= 11 is 0. The molecule has 0 saturated heterocycles. The highest BCUT2D eigenvalue weighted by Crippen LogP contribution is 2.42. The van der Waals surface area contributed by atoms with Crippen molar-refractivity contribution in [1.29, 1.82) is 0 Å². The maximum absolute atomic E-state index is 12.8. The zero-order valence-corrected chi connectivity index (χ0v) is 47.1. The minimum Gasteiger partial charge on any atom is -0.494 e. The molecule has 6 aromatic rings. The summed E-state index contributed by atoms with van der Waals surface area (Å²) in [6.45, 7) is 13.8. The van der Waals surface area contributed by atoms with Crippen molar-refractivity contribution in [2.45, 2.75) is 13.8 Å². The molecular formula is C51H74N14O7P2. The topological polar surface area (TPSA) is 255 Å². The van der Waals surface area contributed by atoms with Gasteiger partial charge in [-0.1, -0.05) is 24.3 Å². The van der Waals surface area contributed by atoms with Crippen LogP contribution in [0.5, 0.6) is 11.5 Å². The lowest BCUT2D eigenvalue weighted by Gasteiger charge is -2.24. The average molecular weight is 1060 g/mol. The normalized spacial score (nSPS) is 11.2. The van der Waals surface area contributed by atoms with Gasteiger partial charge >= 0.3 is 0 Å². The van der Waals surface area contributed by atoms with E-state index >= 15 is 0 Å². The second-order valence-corrected chi connectivity index (χ2v) is 24.9. The standard InChI is InChI=1S/C25H34N7O4P.C25H36N7O2P.CH4O/c1-17-16-26-25(29-24(17)27-18-10-8-9-11-23(18)37(6,7)35)28-19-14-21(32(33)34)20(15-22(19)36-5)31(4)13-12-30(2)3;1-17-16-27-25(30-24(17)28-19-10-8-9-11-23(19)35(6,7)33)29-20-14-18(26)21(15-22(20)34-5)32(4)13-12-31(2)3;1-2/h8-11,14-16H,12-13H2,1-7H3,(H2,26,27,28,29);8-11,14-16H,12-13,26H2,1-7H3,(H2,27,28,29,30);2H,1H3. The lowest BCUT2D eigenvalue weighted by Crippen LogP contribution is -2.29. The van der Waals surface area contributed by atoms with Crippen LogP contribution in [0.1, 0.15) is 11.1 Å². The predicted octanol–water partition coefficient (Wildman–Crippen LogP) is 8.15. The van der Waals surface area contributed by atoms with Crippen LogP contribution in [-0.2, 0) is 9.13 Å². The molecular weight excluding hydrogens is 983 g/mol. The van der Waals surface area contributed by atoms with Gasteiger partial charge in [0.05, 0.1) is 53.3 Å². The molecule has 0 aliphatic rings. The monoisotopic (exact) mass is 1060 g/mol. The number of rotatable bonds is 21. The number of methoxy groups -OCH3 is 2. The number of nitrogens with one attached hydrogen (secondary N) is 4. The molecule has 0 bridgehead atoms. The number of aliphatic hydroxyl groups is 1. The van der Waals surface area contributed by atoms with E-state index in [-0.39, 0.29) is 11.6 Å². The fourth-order valence-corrected chi connectivity index (χ4v) is 9.56. The van der Waals surface area contributed by atoms with Crippen LogP contribution in [0.25, 0.3) is 0 Å². The minimum absolute atomic E-state index is 0.0643. The molecule has 0 radical (unpaired) electrons. The first kappa shape index (κ1) is 59.5. The van der Waals surface area contributed by atoms with Crippen LogP contribution in [0, 0.1) is 24.0 Å². The van der Waals surface area contributed by atoms with Gasteiger partial charge in [-0.2, -0.15) is 9.97 Å². The molecule has 0 aliphatic carbocycles. The number of nitro benzene ring substituents is 1. The Hall–Kier alpha value is -7.02. The van der Waals surface area contributed by atoms with Gasteiger partial charge in [-0.15, -0.1) is 0 Å². The molecule has 6 rings (SSSR count). The van der Waals surface area contributed by atoms with E-state index in [0.717, 1.165) is 54.6 Å². The predicted molar refractivity (Wildman–Crippen MR) is 307 cm³/mol. The number of aryl methyl sites for hydroxylation is 2. The molecule has 7 N–H and O–H groups in total. The number of aromatic nitrogens is 4. The zero-order chi connectivity index (χ0) is 55.1. The highest BCUT2D eigenvalue weighted by atomic mass is 31.2. The van der Waals surface area contributed by atoms with Crippen LogP contribution in [0.15, 0.2) is 85.2 Å². The van der Waals surface area contributed by atoms with E-state index in [0.29, 0.717) is 69.4 Å². The average Bonchev–Trinajstić information content (AvgIpc) is 3.35. The molecule has 21 nitrogen and oxygen atoms in total. The fourth-order valence-electron chi connectivity index (χ4n) is 7.25. The van der Waals surface area contributed by atoms with Crippen molar-refractivity contribution in [1.82, 2.24) is 29.7 Å². The minimum atomic E-state index is -2.53. The van der Waals surface area contributed by atoms with Crippen molar-refractivity contribution in [3.8, 4) is 11.5 Å². The van der Waals surface area contributed by atoms with Gasteiger partial charge in [-0.05, 0) is 99.0 Å². The first-order valence-corrected chi connectivity index (χ1v) is 28.6. The number of nitrogen functional groups attached to an aromatic ring is 1. The Labute approximate surface area is 435 Å². The smallest absolute Gasteiger partial charge is 0.294 e. The van der Waals surface area contributed by atoms with E-state index in [1.54, 1.807) is 52.2 Å². The number of hydrogen-bond acceptors (Lipinski definition) is 20. The lowest BCUT2D eigenvalue weighted by molar-refractivity contribution is -0.384. The number of anilines is 11. The number of ether oxygens (including phenoxy) is 2. The largest absolute Gasteiger partial charge is 0.494 e. The first-order valence-electron chi connectivity index (χ1n) is 23.4. The van der Waals surface area contributed by atoms with Crippen LogP contribution >= 0.6 is 14.3 Å². The molecule has 0 aliphatic heterocycles. The van der Waals surface area contributed by atoms with Crippen molar-refractivity contribution in [2.24, 2.45) is 0 Å². The Bertz CT molecular complexity index is 2950. The van der Waals surface area contributed by atoms with Crippen LogP contribution in [0.4, 0.5) is 69.0 Å². The lowest BCUT2D eigenvalue weighted by atomic mass is 10.2. The molecule has 0 amide bonds. The summed E-state index contributed by atoms with van der Waals surface area (Å²) in [5, 5.41) is 33.3. The van der Waals surface area contributed by atoms with Crippen molar-refractivity contribution in [3.63, 3.8) is 0 Å². The SMILES string of the molecule is CO.COc1cc(N(C)CCN(C)C)c(N)cc1Nc1ncc(C)c(Nc2ccccc2P(C)(C)=O)n1.COc1cc(N(C)CCN(C)C)c([N+](=O)[O-])cc1Nc1ncc(C)c(Nc2ccccc2P(C)(C)=O)n1. The highest BCUT2D eigenvalue weighted by molar-refractivity contribution is 7.70. The summed E-state index contributed by atoms with van der Waals surface area (Å²) in [4.78, 5) is 37.6. The number of benzene rings is 4. The van der Waals surface area contributed by atoms with Crippen LogP contribution < -0.4 is 56.9 Å². The Morgan fingerprint density at radius 1 is 0.608 bits per heavy atom. The van der Waals surface area contributed by atoms with Crippen LogP contribution in [-0.4, -0.2) is 156 Å². The van der Waals surface area contributed by atoms with Crippen molar-refractivity contribution in [3.05, 3.63) is 106 Å². The maximum Gasteiger partial charge on any atom is 0.294 e. The van der Waals surface area contributed by atoms with E-state index in [2.05, 4.69) is 51.0 Å². The molecule has 23 heteroatoms. The van der Waals surface area contributed by atoms with Crippen molar-refractivity contribution in [2.75, 3.05) is 153 Å². The molecule has 2 aromatic heterocycles. The summed E-state index contributed by atoms with van der Waals surface area (Å²) in [6.07, 6.45) is 3.37. The van der Waals surface area contributed by atoms with E-state index in [1.165, 1.54) is 13.2 Å². The third-order valence-electron chi connectivity index (χ3n) is 11.3. The van der Waals surface area contributed by atoms with Gasteiger partial charge in [0, 0.05) is 99.7 Å². The van der Waals surface area contributed by atoms with Gasteiger partial charge in [-0.25, -0.2) is 9.97 Å². The molecule has 2 heterocycles. The fraction of sp³-hybridized carbons (Fsp3) is 0.373. The highest BCUT2D eigenvalue weighted by Gasteiger charge is 2.24. The molecule has 0 atom stereocenters. The zero-order valence-electron chi connectivity index (χ0n) is 45.3. The van der Waals surface area contributed by atoms with Gasteiger partial charge in [-0.3, -0.25) is 10.1 Å². The van der Waals surface area contributed by atoms with E-state index in [9.17, 15) is 19.2 Å². The van der Waals surface area contributed by atoms with Gasteiger partial charge in [0.25, 0.3) is 5.69 Å². The summed E-state index contributed by atoms with van der Waals surface area (Å²) in [7, 11) is 10.9. The number of hydrogen-bond donors (Lipinski definition) is 6. The quantitative estimate of drug-likeness (QED) is 0.0172. The number of nitrogens with two attached hydrogens (primary N) is 1. The summed E-state index contributed by atoms with van der Waals surface area (Å²) in [5.41, 5.74) is 12.4. The van der Waals surface area contributed by atoms with Gasteiger partial charge in [0.2, 0.25) is 11.9 Å². The van der Waals surface area contributed by atoms with Gasteiger partial charge < -0.3 is 70.3 Å². The van der Waals surface area contributed by atoms with E-state index in [4.69, 9.17) is 20.3 Å². The summed E-state index contributed by atoms with van der Waals surface area (Å²) in [5.74, 6) is 2.80. The Balaban J connectivity index is 0.000000311. The third kappa shape index (κ3) is 16.5. The van der Waals surface area contributed by atoms with Crippen molar-refractivity contribution >= 4 is 93.9 Å². The number of aliphatic hydroxyl groups excluding tert-OH is 1. The van der Waals surface area contributed by atoms with E-state index < -0.39 is 19.2 Å². The van der Waals surface area contributed by atoms with Gasteiger partial charge in [0.15, 0.2) is 0 Å². The second kappa shape index (κ2) is 26.8. The number of nitrogens with zero attached hydrogens (tertiary/aromatic N) is 9. The molecule has 0 spiro atoms. The molecule has 0 unspecified atom stereocenters. The molecule has 0 saturated carbocycles. The number of para-hydroxylation sites is 2. The van der Waals surface area contributed by atoms with Crippen LogP contribution in [0.3, 0.4) is 0 Å². The summed E-state index contributed by atoms with van der Waals surface area (Å²) in [6, 6.07) is 21.8. The van der Waals surface area contributed by atoms with E-state index in [1.807, 2.05) is 127 Å². The third-order valence-corrected chi connectivity index (χ3v) is 14.4. The van der Waals surface area contributed by atoms with Gasteiger partial charge in [0.1, 0.15) is 43.1 Å². The molecule has 0 fully saturated rings. The van der Waals surface area contributed by atoms with Crippen molar-refractivity contribution < 1.29 is 28.6 Å². The molecule has 74 heavy (non-hydrogen) atoms. The first-order chi connectivity index (χ1) is 34.9. The second-order valence-electron chi connectivity index (χ2n) is 18.5.